The quantitative estimate of drug-likeness (QED) is 0.338. The van der Waals surface area contributed by atoms with E-state index in [0.717, 1.165) is 40.9 Å². The Morgan fingerprint density at radius 3 is 2.40 bits per heavy atom. The second kappa shape index (κ2) is 9.46. The van der Waals surface area contributed by atoms with E-state index in [1.807, 2.05) is 36.4 Å². The van der Waals surface area contributed by atoms with Crippen LogP contribution < -0.4 is 4.74 Å². The molecule has 1 aliphatic rings. The minimum Gasteiger partial charge on any atom is -0.496 e. The van der Waals surface area contributed by atoms with Gasteiger partial charge in [-0.2, -0.15) is 4.39 Å². The van der Waals surface area contributed by atoms with Crippen LogP contribution in [0.2, 0.25) is 0 Å². The first kappa shape index (κ1) is 24.9. The molecule has 0 aliphatic heterocycles. The maximum atomic E-state index is 14.3. The van der Waals surface area contributed by atoms with Crippen molar-refractivity contribution >= 4 is 23.3 Å². The summed E-state index contributed by atoms with van der Waals surface area (Å²) in [6.45, 7) is 7.45. The number of hydrogen-bond donors (Lipinski definition) is 0. The molecule has 0 saturated heterocycles. The van der Waals surface area contributed by atoms with E-state index >= 15 is 0 Å². The third kappa shape index (κ3) is 4.96. The summed E-state index contributed by atoms with van der Waals surface area (Å²) in [6.07, 6.45) is 1.47. The number of thiophene rings is 1. The molecule has 0 amide bonds. The zero-order valence-corrected chi connectivity index (χ0v) is 21.4. The standard InChI is InChI=1S/C28H29FO5S/c1-6-33-26(31)28(13-14-28)21-10-8-7-9-18(21)19-12-11-17(15-22(19)32-5)24-20(16-23(29)35-24)25(30)34-27(2,3)4/h7-12,15-16H,6,13-14H2,1-5H3. The highest BCUT2D eigenvalue weighted by Gasteiger charge is 2.53. The van der Waals surface area contributed by atoms with E-state index in [0.29, 0.717) is 22.8 Å². The third-order valence-electron chi connectivity index (χ3n) is 5.93. The molecule has 7 heteroatoms. The van der Waals surface area contributed by atoms with Crippen LogP contribution in [0.25, 0.3) is 21.6 Å². The van der Waals surface area contributed by atoms with Gasteiger partial charge >= 0.3 is 11.9 Å². The van der Waals surface area contributed by atoms with Crippen molar-refractivity contribution in [1.29, 1.82) is 0 Å². The number of carbonyl (C=O) groups is 2. The topological polar surface area (TPSA) is 61.8 Å². The molecule has 1 saturated carbocycles. The van der Waals surface area contributed by atoms with Crippen LogP contribution in [-0.2, 0) is 19.7 Å². The predicted molar refractivity (Wildman–Crippen MR) is 134 cm³/mol. The first-order chi connectivity index (χ1) is 16.6. The molecule has 0 bridgehead atoms. The molecular formula is C28H29FO5S. The fourth-order valence-electron chi connectivity index (χ4n) is 4.23. The van der Waals surface area contributed by atoms with Crippen LogP contribution in [0.4, 0.5) is 4.39 Å². The van der Waals surface area contributed by atoms with Gasteiger partial charge in [0, 0.05) is 11.6 Å². The van der Waals surface area contributed by atoms with E-state index in [4.69, 9.17) is 14.2 Å². The van der Waals surface area contributed by atoms with Crippen LogP contribution in [0, 0.1) is 5.13 Å². The lowest BCUT2D eigenvalue weighted by molar-refractivity contribution is -0.146. The average Bonchev–Trinajstić information content (AvgIpc) is 3.53. The van der Waals surface area contributed by atoms with E-state index in [1.54, 1.807) is 40.9 Å². The lowest BCUT2D eigenvalue weighted by Gasteiger charge is -2.20. The molecule has 2 aromatic carbocycles. The molecule has 184 valence electrons. The molecule has 1 aromatic heterocycles. The fraction of sp³-hybridized carbons (Fsp3) is 0.357. The van der Waals surface area contributed by atoms with Crippen LogP contribution in [0.5, 0.6) is 5.75 Å². The Labute approximate surface area is 208 Å². The molecule has 1 aliphatic carbocycles. The number of esters is 2. The van der Waals surface area contributed by atoms with Crippen LogP contribution >= 0.6 is 11.3 Å². The second-order valence-corrected chi connectivity index (χ2v) is 10.6. The Balaban J connectivity index is 1.77. The first-order valence-electron chi connectivity index (χ1n) is 11.6. The third-order valence-corrected chi connectivity index (χ3v) is 6.91. The van der Waals surface area contributed by atoms with Gasteiger partial charge < -0.3 is 14.2 Å². The first-order valence-corrected chi connectivity index (χ1v) is 12.4. The summed E-state index contributed by atoms with van der Waals surface area (Å²) in [4.78, 5) is 26.0. The van der Waals surface area contributed by atoms with Crippen molar-refractivity contribution in [2.75, 3.05) is 13.7 Å². The minimum atomic E-state index is -0.699. The number of hydrogen-bond acceptors (Lipinski definition) is 6. The van der Waals surface area contributed by atoms with Gasteiger partial charge in [-0.1, -0.05) is 30.3 Å². The molecule has 5 nitrogen and oxygen atoms in total. The van der Waals surface area contributed by atoms with Gasteiger partial charge in [-0.15, -0.1) is 11.3 Å². The normalized spacial score (nSPS) is 14.3. The molecule has 1 fully saturated rings. The number of ether oxygens (including phenoxy) is 3. The molecule has 0 radical (unpaired) electrons. The van der Waals surface area contributed by atoms with Gasteiger partial charge in [0.2, 0.25) is 0 Å². The molecular weight excluding hydrogens is 467 g/mol. The van der Waals surface area contributed by atoms with Crippen molar-refractivity contribution in [3.63, 3.8) is 0 Å². The van der Waals surface area contributed by atoms with Crippen LogP contribution in [-0.4, -0.2) is 31.3 Å². The molecule has 3 aromatic rings. The van der Waals surface area contributed by atoms with Crippen LogP contribution in [0.1, 0.15) is 56.5 Å². The molecule has 1 heterocycles. The fourth-order valence-corrected chi connectivity index (χ4v) is 5.10. The summed E-state index contributed by atoms with van der Waals surface area (Å²) in [5.74, 6) is -0.233. The highest BCUT2D eigenvalue weighted by molar-refractivity contribution is 7.14. The van der Waals surface area contributed by atoms with Crippen molar-refractivity contribution in [3.05, 3.63) is 64.8 Å². The van der Waals surface area contributed by atoms with Gasteiger partial charge in [0.05, 0.1) is 29.6 Å². The Morgan fingerprint density at radius 1 is 1.06 bits per heavy atom. The van der Waals surface area contributed by atoms with Crippen molar-refractivity contribution in [2.45, 2.75) is 51.6 Å². The molecule has 0 N–H and O–H groups in total. The molecule has 0 unspecified atom stereocenters. The largest absolute Gasteiger partial charge is 0.496 e. The van der Waals surface area contributed by atoms with E-state index in [-0.39, 0.29) is 11.5 Å². The maximum absolute atomic E-state index is 14.3. The van der Waals surface area contributed by atoms with Crippen molar-refractivity contribution in [2.24, 2.45) is 0 Å². The summed E-state index contributed by atoms with van der Waals surface area (Å²) in [5.41, 5.74) is 2.07. The van der Waals surface area contributed by atoms with Crippen LogP contribution in [0.3, 0.4) is 0 Å². The molecule has 0 atom stereocenters. The summed E-state index contributed by atoms with van der Waals surface area (Å²) in [7, 11) is 1.56. The number of halogens is 1. The van der Waals surface area contributed by atoms with E-state index in [2.05, 4.69) is 0 Å². The monoisotopic (exact) mass is 496 g/mol. The summed E-state index contributed by atoms with van der Waals surface area (Å²) in [6, 6.07) is 14.5. The van der Waals surface area contributed by atoms with Gasteiger partial charge in [0.15, 0.2) is 5.13 Å². The zero-order chi connectivity index (χ0) is 25.4. The van der Waals surface area contributed by atoms with E-state index in [9.17, 15) is 14.0 Å². The van der Waals surface area contributed by atoms with Gasteiger partial charge in [-0.3, -0.25) is 4.79 Å². The number of methoxy groups -OCH3 is 1. The molecule has 4 rings (SSSR count). The van der Waals surface area contributed by atoms with Crippen molar-refractivity contribution < 1.29 is 28.2 Å². The lowest BCUT2D eigenvalue weighted by atomic mass is 9.87. The number of rotatable bonds is 7. The highest BCUT2D eigenvalue weighted by atomic mass is 32.1. The Hall–Kier alpha value is -3.19. The Kier molecular flexibility index (Phi) is 6.73. The van der Waals surface area contributed by atoms with E-state index < -0.39 is 22.1 Å². The van der Waals surface area contributed by atoms with Gasteiger partial charge in [-0.05, 0) is 69.4 Å². The molecule has 35 heavy (non-hydrogen) atoms. The smallest absolute Gasteiger partial charge is 0.340 e. The summed E-state index contributed by atoms with van der Waals surface area (Å²) in [5, 5.41) is -0.473. The Bertz CT molecular complexity index is 1270. The zero-order valence-electron chi connectivity index (χ0n) is 20.6. The Morgan fingerprint density at radius 2 is 1.77 bits per heavy atom. The second-order valence-electron chi connectivity index (χ2n) is 9.56. The predicted octanol–water partition coefficient (Wildman–Crippen LogP) is 6.78. The minimum absolute atomic E-state index is 0.178. The summed E-state index contributed by atoms with van der Waals surface area (Å²) >= 11 is 0.885. The molecule has 0 spiro atoms. The number of carbonyl (C=O) groups excluding carboxylic acids is 2. The SMILES string of the molecule is CCOC(=O)C1(c2ccccc2-c2ccc(-c3sc(F)cc3C(=O)OC(C)(C)C)cc2OC)CC1. The van der Waals surface area contributed by atoms with Crippen LogP contribution in [0.15, 0.2) is 48.5 Å². The van der Waals surface area contributed by atoms with E-state index in [1.165, 1.54) is 6.07 Å². The summed E-state index contributed by atoms with van der Waals surface area (Å²) < 4.78 is 30.8. The van der Waals surface area contributed by atoms with Crippen molar-refractivity contribution in [3.8, 4) is 27.3 Å². The lowest BCUT2D eigenvalue weighted by Crippen LogP contribution is -2.24. The average molecular weight is 497 g/mol. The van der Waals surface area contributed by atoms with Gasteiger partial charge in [0.25, 0.3) is 0 Å². The number of benzene rings is 2. The van der Waals surface area contributed by atoms with Gasteiger partial charge in [0.1, 0.15) is 11.4 Å². The van der Waals surface area contributed by atoms with Gasteiger partial charge in [-0.25, -0.2) is 4.79 Å². The van der Waals surface area contributed by atoms with Crippen molar-refractivity contribution in [1.82, 2.24) is 0 Å². The maximum Gasteiger partial charge on any atom is 0.340 e. The highest BCUT2D eigenvalue weighted by Crippen LogP contribution is 2.53.